The first kappa shape index (κ1) is 23.3. The van der Waals surface area contributed by atoms with Crippen molar-refractivity contribution in [1.82, 2.24) is 14.9 Å². The minimum absolute atomic E-state index is 0.0161. The molecule has 3 heterocycles. The van der Waals surface area contributed by atoms with Crippen molar-refractivity contribution in [2.75, 3.05) is 54.4 Å². The monoisotopic (exact) mass is 486 g/mol. The number of nitrogens with one attached hydrogen (secondary N) is 2. The lowest BCUT2D eigenvalue weighted by Gasteiger charge is -2.34. The second-order valence-electron chi connectivity index (χ2n) is 9.12. The topological polar surface area (TPSA) is 57.6 Å². The summed E-state index contributed by atoms with van der Waals surface area (Å²) in [5, 5.41) is 6.08. The van der Waals surface area contributed by atoms with E-state index in [1.54, 1.807) is 23.9 Å². The normalized spacial score (nSPS) is 15.9. The Kier molecular flexibility index (Phi) is 6.22. The van der Waals surface area contributed by atoms with Crippen molar-refractivity contribution in [3.63, 3.8) is 0 Å². The van der Waals surface area contributed by atoms with Crippen LogP contribution in [0.3, 0.4) is 0 Å². The number of aryl methyl sites for hydroxylation is 1. The maximum atomic E-state index is 14.9. The van der Waals surface area contributed by atoms with Gasteiger partial charge in [0.1, 0.15) is 6.61 Å². The van der Waals surface area contributed by atoms with Crippen LogP contribution < -0.4 is 25.2 Å². The van der Waals surface area contributed by atoms with Gasteiger partial charge in [0.15, 0.2) is 23.2 Å². The van der Waals surface area contributed by atoms with Gasteiger partial charge in [0.05, 0.1) is 29.3 Å². The number of rotatable bonds is 5. The van der Waals surface area contributed by atoms with Crippen molar-refractivity contribution < 1.29 is 17.9 Å². The van der Waals surface area contributed by atoms with Crippen LogP contribution in [-0.2, 0) is 7.05 Å². The predicted molar refractivity (Wildman–Crippen MR) is 131 cm³/mol. The number of hydrogen-bond acceptors (Lipinski definition) is 6. The van der Waals surface area contributed by atoms with Gasteiger partial charge in [0, 0.05) is 51.0 Å². The van der Waals surface area contributed by atoms with E-state index >= 15 is 0 Å². The number of anilines is 4. The Morgan fingerprint density at radius 1 is 1.03 bits per heavy atom. The highest BCUT2D eigenvalue weighted by molar-refractivity contribution is 5.73. The van der Waals surface area contributed by atoms with E-state index in [0.29, 0.717) is 49.1 Å². The Balaban J connectivity index is 1.43. The van der Waals surface area contributed by atoms with E-state index in [1.165, 1.54) is 12.1 Å². The molecule has 10 heteroatoms. The first-order chi connectivity index (χ1) is 16.8. The van der Waals surface area contributed by atoms with Gasteiger partial charge in [-0.25, -0.2) is 18.2 Å². The van der Waals surface area contributed by atoms with Gasteiger partial charge in [-0.3, -0.25) is 0 Å². The smallest absolute Gasteiger partial charge is 0.207 e. The van der Waals surface area contributed by atoms with Crippen LogP contribution in [0.2, 0.25) is 0 Å². The Hall–Kier alpha value is -3.40. The molecule has 5 rings (SSSR count). The van der Waals surface area contributed by atoms with Gasteiger partial charge in [-0.15, -0.1) is 0 Å². The zero-order chi connectivity index (χ0) is 24.7. The Morgan fingerprint density at radius 2 is 1.80 bits per heavy atom. The molecule has 0 radical (unpaired) electrons. The number of benzene rings is 2. The number of fused-ring (bicyclic) bond motifs is 1. The van der Waals surface area contributed by atoms with E-state index in [2.05, 4.69) is 20.5 Å². The second-order valence-corrected chi connectivity index (χ2v) is 9.12. The van der Waals surface area contributed by atoms with Crippen LogP contribution in [0.15, 0.2) is 30.5 Å². The molecule has 186 valence electrons. The number of nitrogens with zero attached hydrogens (tertiary/aromatic N) is 4. The molecule has 7 nitrogen and oxygen atoms in total. The molecule has 0 bridgehead atoms. The quantitative estimate of drug-likeness (QED) is 0.562. The minimum Gasteiger partial charge on any atom is -0.486 e. The van der Waals surface area contributed by atoms with Gasteiger partial charge in [-0.2, -0.15) is 0 Å². The van der Waals surface area contributed by atoms with E-state index in [-0.39, 0.29) is 23.2 Å². The Morgan fingerprint density at radius 3 is 2.54 bits per heavy atom. The number of hydrogen-bond donors (Lipinski definition) is 2. The van der Waals surface area contributed by atoms with Gasteiger partial charge in [0.2, 0.25) is 5.95 Å². The summed E-state index contributed by atoms with van der Waals surface area (Å²) in [6, 6.07) is 6.51. The fourth-order valence-electron chi connectivity index (χ4n) is 4.61. The molecule has 0 unspecified atom stereocenters. The highest BCUT2D eigenvalue weighted by atomic mass is 19.2. The molecule has 0 saturated carbocycles. The van der Waals surface area contributed by atoms with E-state index in [9.17, 15) is 13.2 Å². The molecule has 0 atom stereocenters. The lowest BCUT2D eigenvalue weighted by Crippen LogP contribution is -2.44. The van der Waals surface area contributed by atoms with Crippen LogP contribution in [0.4, 0.5) is 36.2 Å². The third-order valence-corrected chi connectivity index (χ3v) is 6.47. The van der Waals surface area contributed by atoms with Crippen molar-refractivity contribution in [3.05, 3.63) is 47.9 Å². The number of imidazole rings is 1. The van der Waals surface area contributed by atoms with Gasteiger partial charge in [-0.1, -0.05) is 0 Å². The molecular formula is C25H29F3N6O. The summed E-state index contributed by atoms with van der Waals surface area (Å²) in [6.45, 7) is 7.85. The summed E-state index contributed by atoms with van der Waals surface area (Å²) in [7, 11) is 1.74. The van der Waals surface area contributed by atoms with E-state index in [0.717, 1.165) is 13.1 Å². The molecule has 3 aromatic rings. The second kappa shape index (κ2) is 9.33. The molecule has 1 fully saturated rings. The summed E-state index contributed by atoms with van der Waals surface area (Å²) in [5.74, 6) is -1.76. The molecular weight excluding hydrogens is 457 g/mol. The molecule has 0 spiro atoms. The Bertz CT molecular complexity index is 1240. The number of piperazine rings is 1. The number of halogens is 3. The molecule has 2 N–H and O–H groups in total. The van der Waals surface area contributed by atoms with E-state index in [4.69, 9.17) is 4.74 Å². The SMILES string of the molecule is CC(C)N1CCOc2c(F)cc(-c3cn(C)c(Nc4ccc(N5CCNCC5)c(F)c4F)n3)cc21. The van der Waals surface area contributed by atoms with Crippen LogP contribution in [0.1, 0.15) is 13.8 Å². The van der Waals surface area contributed by atoms with Gasteiger partial charge in [0.25, 0.3) is 0 Å². The van der Waals surface area contributed by atoms with Crippen LogP contribution in [0.5, 0.6) is 5.75 Å². The van der Waals surface area contributed by atoms with Crippen LogP contribution in [0, 0.1) is 17.5 Å². The maximum Gasteiger partial charge on any atom is 0.207 e. The van der Waals surface area contributed by atoms with Crippen LogP contribution in [-0.4, -0.2) is 54.9 Å². The standard InChI is InChI=1S/C25H29F3N6O/c1-15(2)34-10-11-35-24-17(26)12-16(13-21(24)34)19-14-32(3)25(31-19)30-18-4-5-20(23(28)22(18)27)33-8-6-29-7-9-33/h4-5,12-15,29H,6-11H2,1-3H3,(H,30,31). The zero-order valence-corrected chi connectivity index (χ0v) is 20.0. The molecule has 0 amide bonds. The predicted octanol–water partition coefficient (Wildman–Crippen LogP) is 4.26. The third-order valence-electron chi connectivity index (χ3n) is 6.47. The highest BCUT2D eigenvalue weighted by Gasteiger charge is 2.26. The molecule has 2 aliphatic rings. The summed E-state index contributed by atoms with van der Waals surface area (Å²) in [6.07, 6.45) is 1.72. The summed E-state index contributed by atoms with van der Waals surface area (Å²) >= 11 is 0. The first-order valence-corrected chi connectivity index (χ1v) is 11.8. The van der Waals surface area contributed by atoms with Crippen LogP contribution in [0.25, 0.3) is 11.3 Å². The van der Waals surface area contributed by atoms with Gasteiger partial charge >= 0.3 is 0 Å². The number of ether oxygens (including phenoxy) is 1. The van der Waals surface area contributed by atoms with Gasteiger partial charge < -0.3 is 29.7 Å². The average molecular weight is 487 g/mol. The molecule has 2 aliphatic heterocycles. The van der Waals surface area contributed by atoms with Crippen molar-refractivity contribution in [1.29, 1.82) is 0 Å². The first-order valence-electron chi connectivity index (χ1n) is 11.8. The fraction of sp³-hybridized carbons (Fsp3) is 0.400. The molecule has 35 heavy (non-hydrogen) atoms. The average Bonchev–Trinajstić information content (AvgIpc) is 3.22. The lowest BCUT2D eigenvalue weighted by molar-refractivity contribution is 0.287. The van der Waals surface area contributed by atoms with Crippen LogP contribution >= 0.6 is 0 Å². The van der Waals surface area contributed by atoms with Crippen molar-refractivity contribution in [2.24, 2.45) is 7.05 Å². The summed E-state index contributed by atoms with van der Waals surface area (Å²) in [4.78, 5) is 8.45. The molecule has 1 aromatic heterocycles. The Labute approximate surface area is 202 Å². The van der Waals surface area contributed by atoms with Gasteiger partial charge in [-0.05, 0) is 38.1 Å². The molecule has 1 saturated heterocycles. The van der Waals surface area contributed by atoms with E-state index < -0.39 is 17.5 Å². The van der Waals surface area contributed by atoms with Crippen molar-refractivity contribution in [3.8, 4) is 17.0 Å². The van der Waals surface area contributed by atoms with E-state index in [1.807, 2.05) is 24.8 Å². The lowest BCUT2D eigenvalue weighted by atomic mass is 10.1. The van der Waals surface area contributed by atoms with Crippen molar-refractivity contribution >= 4 is 23.0 Å². The fourth-order valence-corrected chi connectivity index (χ4v) is 4.61. The largest absolute Gasteiger partial charge is 0.486 e. The molecule has 0 aliphatic carbocycles. The minimum atomic E-state index is -0.963. The molecule has 2 aromatic carbocycles. The summed E-state index contributed by atoms with van der Waals surface area (Å²) < 4.78 is 51.9. The highest BCUT2D eigenvalue weighted by Crippen LogP contribution is 2.39. The zero-order valence-electron chi connectivity index (χ0n) is 20.0. The van der Waals surface area contributed by atoms with Crippen molar-refractivity contribution in [2.45, 2.75) is 19.9 Å². The number of aromatic nitrogens is 2. The maximum absolute atomic E-state index is 14.9. The third kappa shape index (κ3) is 4.38. The summed E-state index contributed by atoms with van der Waals surface area (Å²) in [5.41, 5.74) is 1.98.